The Morgan fingerprint density at radius 2 is 2.05 bits per heavy atom. The maximum absolute atomic E-state index is 13.7. The van der Waals surface area contributed by atoms with Crippen LogP contribution < -0.4 is 5.32 Å². The molecule has 2 rings (SSSR count). The van der Waals surface area contributed by atoms with Crippen LogP contribution in [-0.4, -0.2) is 10.8 Å². The predicted molar refractivity (Wildman–Crippen MR) is 79.9 cm³/mol. The Balaban J connectivity index is 2.36. The molecular weight excluding hydrogens is 343 g/mol. The van der Waals surface area contributed by atoms with Crippen LogP contribution in [0.25, 0.3) is 0 Å². The summed E-state index contributed by atoms with van der Waals surface area (Å²) in [6.07, 6.45) is 0. The number of nitrogens with zero attached hydrogens (tertiary/aromatic N) is 1. The van der Waals surface area contributed by atoms with Gasteiger partial charge in [0.1, 0.15) is 5.82 Å². The molecule has 0 saturated heterocycles. The zero-order chi connectivity index (χ0) is 15.6. The van der Waals surface area contributed by atoms with Crippen LogP contribution in [0.5, 0.6) is 0 Å². The molecule has 0 radical (unpaired) electrons. The summed E-state index contributed by atoms with van der Waals surface area (Å²) < 4.78 is 14.0. The van der Waals surface area contributed by atoms with Crippen LogP contribution in [-0.2, 0) is 0 Å². The largest absolute Gasteiger partial charge is 0.321 e. The van der Waals surface area contributed by atoms with Crippen LogP contribution in [0.1, 0.15) is 15.9 Å². The Morgan fingerprint density at radius 1 is 1.33 bits per heavy atom. The van der Waals surface area contributed by atoms with E-state index in [0.29, 0.717) is 10.0 Å². The number of non-ortho nitro benzene ring substituents is 1. The van der Waals surface area contributed by atoms with Crippen molar-refractivity contribution in [3.05, 3.63) is 67.9 Å². The zero-order valence-corrected chi connectivity index (χ0v) is 12.5. The van der Waals surface area contributed by atoms with E-state index in [-0.39, 0.29) is 16.9 Å². The van der Waals surface area contributed by atoms with E-state index in [0.717, 1.165) is 0 Å². The van der Waals surface area contributed by atoms with Crippen LogP contribution >= 0.6 is 15.9 Å². The number of aryl methyl sites for hydroxylation is 1. The highest BCUT2D eigenvalue weighted by Gasteiger charge is 2.17. The molecule has 0 fully saturated rings. The highest BCUT2D eigenvalue weighted by molar-refractivity contribution is 9.10. The van der Waals surface area contributed by atoms with E-state index in [1.807, 2.05) is 0 Å². The molecule has 5 nitrogen and oxygen atoms in total. The van der Waals surface area contributed by atoms with Gasteiger partial charge in [-0.15, -0.1) is 0 Å². The second-order valence-corrected chi connectivity index (χ2v) is 5.16. The molecule has 0 aromatic heterocycles. The molecule has 0 bridgehead atoms. The Morgan fingerprint density at radius 3 is 2.67 bits per heavy atom. The maximum Gasteiger partial charge on any atom is 0.271 e. The molecule has 2 aromatic rings. The molecule has 0 unspecified atom stereocenters. The van der Waals surface area contributed by atoms with Crippen molar-refractivity contribution in [2.45, 2.75) is 6.92 Å². The molecule has 0 saturated carbocycles. The summed E-state index contributed by atoms with van der Waals surface area (Å²) in [5, 5.41) is 13.2. The highest BCUT2D eigenvalue weighted by atomic mass is 79.9. The summed E-state index contributed by atoms with van der Waals surface area (Å²) in [5.74, 6) is -1.35. The third-order valence-electron chi connectivity index (χ3n) is 2.87. The predicted octanol–water partition coefficient (Wildman–Crippen LogP) is 4.06. The SMILES string of the molecule is Cc1ccc([N+](=O)[O-])cc1NC(=O)c1c(F)cccc1Br. The van der Waals surface area contributed by atoms with E-state index in [1.54, 1.807) is 6.92 Å². The van der Waals surface area contributed by atoms with Gasteiger partial charge in [0, 0.05) is 16.6 Å². The topological polar surface area (TPSA) is 72.2 Å². The van der Waals surface area contributed by atoms with Crippen LogP contribution in [0, 0.1) is 22.9 Å². The van der Waals surface area contributed by atoms with Crippen molar-refractivity contribution in [2.24, 2.45) is 0 Å². The number of hydrogen-bond donors (Lipinski definition) is 1. The molecule has 21 heavy (non-hydrogen) atoms. The van der Waals surface area contributed by atoms with Gasteiger partial charge in [-0.1, -0.05) is 12.1 Å². The molecule has 0 aliphatic carbocycles. The summed E-state index contributed by atoms with van der Waals surface area (Å²) in [6, 6.07) is 8.27. The Kier molecular flexibility index (Phi) is 4.32. The van der Waals surface area contributed by atoms with Gasteiger partial charge in [-0.3, -0.25) is 14.9 Å². The first kappa shape index (κ1) is 15.1. The quantitative estimate of drug-likeness (QED) is 0.668. The fraction of sp³-hybridized carbons (Fsp3) is 0.0714. The number of anilines is 1. The molecular formula is C14H10BrFN2O3. The molecule has 108 valence electrons. The Labute approximate surface area is 128 Å². The van der Waals surface area contributed by atoms with E-state index in [1.165, 1.54) is 36.4 Å². The minimum atomic E-state index is -0.677. The van der Waals surface area contributed by atoms with Gasteiger partial charge in [0.25, 0.3) is 11.6 Å². The van der Waals surface area contributed by atoms with Crippen molar-refractivity contribution in [3.8, 4) is 0 Å². The van der Waals surface area contributed by atoms with E-state index < -0.39 is 16.6 Å². The van der Waals surface area contributed by atoms with Gasteiger partial charge in [0.05, 0.1) is 16.2 Å². The molecule has 7 heteroatoms. The zero-order valence-electron chi connectivity index (χ0n) is 10.9. The van der Waals surface area contributed by atoms with Gasteiger partial charge in [-0.2, -0.15) is 0 Å². The summed E-state index contributed by atoms with van der Waals surface area (Å²) in [6.45, 7) is 1.69. The number of benzene rings is 2. The number of rotatable bonds is 3. The lowest BCUT2D eigenvalue weighted by Crippen LogP contribution is -2.15. The molecule has 0 heterocycles. The van der Waals surface area contributed by atoms with E-state index in [4.69, 9.17) is 0 Å². The van der Waals surface area contributed by atoms with E-state index >= 15 is 0 Å². The monoisotopic (exact) mass is 352 g/mol. The third-order valence-corrected chi connectivity index (χ3v) is 3.53. The Hall–Kier alpha value is -2.28. The molecule has 1 N–H and O–H groups in total. The van der Waals surface area contributed by atoms with Crippen molar-refractivity contribution >= 4 is 33.2 Å². The summed E-state index contributed by atoms with van der Waals surface area (Å²) in [5.41, 5.74) is 0.609. The van der Waals surface area contributed by atoms with Gasteiger partial charge in [0.15, 0.2) is 0 Å². The van der Waals surface area contributed by atoms with Gasteiger partial charge < -0.3 is 5.32 Å². The van der Waals surface area contributed by atoms with Gasteiger partial charge >= 0.3 is 0 Å². The first-order valence-electron chi connectivity index (χ1n) is 5.90. The number of halogens is 2. The van der Waals surface area contributed by atoms with Crippen molar-refractivity contribution < 1.29 is 14.1 Å². The smallest absolute Gasteiger partial charge is 0.271 e. The second kappa shape index (κ2) is 6.01. The number of carbonyl (C=O) groups is 1. The lowest BCUT2D eigenvalue weighted by atomic mass is 10.1. The van der Waals surface area contributed by atoms with Crippen LogP contribution in [0.2, 0.25) is 0 Å². The number of nitrogens with one attached hydrogen (secondary N) is 1. The molecule has 0 aliphatic heterocycles. The summed E-state index contributed by atoms with van der Waals surface area (Å²) in [7, 11) is 0. The number of nitro groups is 1. The van der Waals surface area contributed by atoms with Crippen molar-refractivity contribution in [2.75, 3.05) is 5.32 Å². The average molecular weight is 353 g/mol. The van der Waals surface area contributed by atoms with Crippen molar-refractivity contribution in [3.63, 3.8) is 0 Å². The van der Waals surface area contributed by atoms with Crippen molar-refractivity contribution in [1.29, 1.82) is 0 Å². The standard InChI is InChI=1S/C14H10BrFN2O3/c1-8-5-6-9(18(20)21)7-12(8)17-14(19)13-10(15)3-2-4-11(13)16/h2-7H,1H3,(H,17,19). The van der Waals surface area contributed by atoms with Crippen LogP contribution in [0.3, 0.4) is 0 Å². The Bertz CT molecular complexity index is 714. The normalized spacial score (nSPS) is 10.2. The highest BCUT2D eigenvalue weighted by Crippen LogP contribution is 2.25. The molecule has 0 spiro atoms. The van der Waals surface area contributed by atoms with Crippen LogP contribution in [0.4, 0.5) is 15.8 Å². The second-order valence-electron chi connectivity index (χ2n) is 4.31. The summed E-state index contributed by atoms with van der Waals surface area (Å²) >= 11 is 3.11. The lowest BCUT2D eigenvalue weighted by Gasteiger charge is -2.10. The molecule has 0 atom stereocenters. The molecule has 0 aliphatic rings. The summed E-state index contributed by atoms with van der Waals surface area (Å²) in [4.78, 5) is 22.3. The minimum absolute atomic E-state index is 0.150. The number of nitro benzene ring substituents is 1. The minimum Gasteiger partial charge on any atom is -0.321 e. The first-order valence-corrected chi connectivity index (χ1v) is 6.70. The number of hydrogen-bond acceptors (Lipinski definition) is 3. The maximum atomic E-state index is 13.7. The van der Waals surface area contributed by atoms with Crippen molar-refractivity contribution in [1.82, 2.24) is 0 Å². The van der Waals surface area contributed by atoms with E-state index in [9.17, 15) is 19.3 Å². The first-order chi connectivity index (χ1) is 9.90. The fourth-order valence-electron chi connectivity index (χ4n) is 1.76. The van der Waals surface area contributed by atoms with Gasteiger partial charge in [-0.05, 0) is 40.5 Å². The number of carbonyl (C=O) groups excluding carboxylic acids is 1. The third kappa shape index (κ3) is 3.25. The van der Waals surface area contributed by atoms with Crippen LogP contribution in [0.15, 0.2) is 40.9 Å². The molecule has 1 amide bonds. The fourth-order valence-corrected chi connectivity index (χ4v) is 2.28. The lowest BCUT2D eigenvalue weighted by molar-refractivity contribution is -0.384. The van der Waals surface area contributed by atoms with Gasteiger partial charge in [-0.25, -0.2) is 4.39 Å². The van der Waals surface area contributed by atoms with E-state index in [2.05, 4.69) is 21.2 Å². The number of amides is 1. The van der Waals surface area contributed by atoms with Gasteiger partial charge in [0.2, 0.25) is 0 Å². The average Bonchev–Trinajstić information content (AvgIpc) is 2.40. The molecule has 2 aromatic carbocycles.